The predicted octanol–water partition coefficient (Wildman–Crippen LogP) is 3.86. The number of nitrogens with zero attached hydrogens (tertiary/aromatic N) is 2. The van der Waals surface area contributed by atoms with Gasteiger partial charge in [-0.1, -0.05) is 6.07 Å². The van der Waals surface area contributed by atoms with Gasteiger partial charge in [0.1, 0.15) is 5.82 Å². The lowest BCUT2D eigenvalue weighted by Gasteiger charge is -2.35. The number of nitrogens with one attached hydrogen (secondary N) is 2. The van der Waals surface area contributed by atoms with Crippen molar-refractivity contribution in [2.24, 2.45) is 10.9 Å². The molecule has 0 radical (unpaired) electrons. The zero-order valence-electron chi connectivity index (χ0n) is 17.2. The van der Waals surface area contributed by atoms with E-state index in [-0.39, 0.29) is 5.82 Å². The van der Waals surface area contributed by atoms with E-state index >= 15 is 0 Å². The van der Waals surface area contributed by atoms with Crippen LogP contribution >= 0.6 is 11.8 Å². The van der Waals surface area contributed by atoms with Crippen molar-refractivity contribution >= 4 is 17.7 Å². The van der Waals surface area contributed by atoms with E-state index in [2.05, 4.69) is 36.3 Å². The van der Waals surface area contributed by atoms with Crippen LogP contribution in [0.5, 0.6) is 0 Å². The molecule has 0 amide bonds. The van der Waals surface area contributed by atoms with E-state index < -0.39 is 0 Å². The van der Waals surface area contributed by atoms with Crippen LogP contribution in [0.25, 0.3) is 0 Å². The smallest absolute Gasteiger partial charge is 0.191 e. The zero-order valence-corrected chi connectivity index (χ0v) is 18.0. The number of aliphatic imine (C=N–C) groups is 1. The van der Waals surface area contributed by atoms with Crippen molar-refractivity contribution in [2.45, 2.75) is 52.0 Å². The molecule has 0 aromatic heterocycles. The van der Waals surface area contributed by atoms with Crippen molar-refractivity contribution in [1.82, 2.24) is 15.5 Å². The van der Waals surface area contributed by atoms with Gasteiger partial charge in [-0.05, 0) is 75.6 Å². The molecule has 1 fully saturated rings. The van der Waals surface area contributed by atoms with E-state index in [0.717, 1.165) is 42.5 Å². The number of thioether (sulfide) groups is 1. The summed E-state index contributed by atoms with van der Waals surface area (Å²) in [5, 5.41) is 6.85. The molecule has 0 bridgehead atoms. The van der Waals surface area contributed by atoms with Gasteiger partial charge in [-0.15, -0.1) is 0 Å². The van der Waals surface area contributed by atoms with Gasteiger partial charge >= 0.3 is 0 Å². The Balaban J connectivity index is 1.96. The van der Waals surface area contributed by atoms with Crippen LogP contribution in [0.1, 0.15) is 44.7 Å². The highest BCUT2D eigenvalue weighted by Gasteiger charge is 2.21. The summed E-state index contributed by atoms with van der Waals surface area (Å²) in [6.45, 7) is 11.3. The summed E-state index contributed by atoms with van der Waals surface area (Å²) >= 11 is 1.70. The van der Waals surface area contributed by atoms with Crippen molar-refractivity contribution in [2.75, 3.05) is 32.4 Å². The average Bonchev–Trinajstić information content (AvgIpc) is 2.65. The number of guanidine groups is 1. The van der Waals surface area contributed by atoms with Crippen LogP contribution in [0, 0.1) is 11.7 Å². The van der Waals surface area contributed by atoms with Crippen LogP contribution < -0.4 is 10.6 Å². The molecule has 27 heavy (non-hydrogen) atoms. The summed E-state index contributed by atoms with van der Waals surface area (Å²) in [7, 11) is 0. The van der Waals surface area contributed by atoms with E-state index in [4.69, 9.17) is 4.99 Å². The van der Waals surface area contributed by atoms with Crippen LogP contribution in [0.3, 0.4) is 0 Å². The number of benzene rings is 1. The molecule has 0 saturated carbocycles. The first-order valence-corrected chi connectivity index (χ1v) is 11.4. The normalized spacial score (nSPS) is 18.7. The van der Waals surface area contributed by atoms with Gasteiger partial charge in [0.25, 0.3) is 0 Å². The largest absolute Gasteiger partial charge is 0.357 e. The quantitative estimate of drug-likeness (QED) is 0.519. The second kappa shape index (κ2) is 11.5. The Morgan fingerprint density at radius 3 is 2.85 bits per heavy atom. The molecule has 1 aliphatic rings. The van der Waals surface area contributed by atoms with Crippen LogP contribution in [0.15, 0.2) is 23.2 Å². The van der Waals surface area contributed by atoms with Crippen molar-refractivity contribution in [3.05, 3.63) is 35.1 Å². The topological polar surface area (TPSA) is 39.7 Å². The monoisotopic (exact) mass is 394 g/mol. The predicted molar refractivity (Wildman–Crippen MR) is 116 cm³/mol. The molecule has 1 aromatic carbocycles. The molecule has 1 unspecified atom stereocenters. The van der Waals surface area contributed by atoms with Gasteiger partial charge in [-0.25, -0.2) is 9.38 Å². The molecule has 2 N–H and O–H groups in total. The second-order valence-corrected chi connectivity index (χ2v) is 8.39. The maximum absolute atomic E-state index is 13.5. The number of hydrogen-bond acceptors (Lipinski definition) is 3. The Hall–Kier alpha value is -1.27. The summed E-state index contributed by atoms with van der Waals surface area (Å²) < 4.78 is 13.5. The molecule has 0 aliphatic carbocycles. The fraction of sp³-hybridized carbons (Fsp3) is 0.667. The third-order valence-corrected chi connectivity index (χ3v) is 5.66. The summed E-state index contributed by atoms with van der Waals surface area (Å²) in [6.07, 6.45) is 4.57. The summed E-state index contributed by atoms with van der Waals surface area (Å²) in [4.78, 5) is 7.31. The van der Waals surface area contributed by atoms with Gasteiger partial charge in [0, 0.05) is 31.4 Å². The third-order valence-electron chi connectivity index (χ3n) is 5.06. The summed E-state index contributed by atoms with van der Waals surface area (Å²) in [5.74, 6) is 2.13. The summed E-state index contributed by atoms with van der Waals surface area (Å²) in [6, 6.07) is 5.63. The Labute approximate surface area is 168 Å². The molecule has 1 atom stereocenters. The van der Waals surface area contributed by atoms with Crippen LogP contribution in [0.4, 0.5) is 4.39 Å². The van der Waals surface area contributed by atoms with Crippen LogP contribution in [-0.4, -0.2) is 49.3 Å². The van der Waals surface area contributed by atoms with Gasteiger partial charge in [-0.3, -0.25) is 0 Å². The first-order valence-electron chi connectivity index (χ1n) is 10.1. The maximum atomic E-state index is 13.5. The molecule has 152 valence electrons. The molecule has 6 heteroatoms. The number of rotatable bonds is 8. The molecule has 4 nitrogen and oxygen atoms in total. The highest BCUT2D eigenvalue weighted by Crippen LogP contribution is 2.19. The lowest BCUT2D eigenvalue weighted by Crippen LogP contribution is -2.46. The summed E-state index contributed by atoms with van der Waals surface area (Å²) in [5.41, 5.74) is 2.12. The van der Waals surface area contributed by atoms with E-state index in [1.807, 2.05) is 12.3 Å². The SMILES string of the molecule is CCNC(=NCc1ccc(F)cc1CSC)NCC1CCCN(C(C)C)C1. The molecular weight excluding hydrogens is 359 g/mol. The number of hydrogen-bond donors (Lipinski definition) is 2. The molecule has 1 saturated heterocycles. The first-order chi connectivity index (χ1) is 13.0. The molecular formula is C21H35FN4S. The molecule has 1 aromatic rings. The lowest BCUT2D eigenvalue weighted by atomic mass is 9.97. The van der Waals surface area contributed by atoms with E-state index in [1.165, 1.54) is 25.5 Å². The third kappa shape index (κ3) is 7.34. The van der Waals surface area contributed by atoms with Crippen LogP contribution in [0.2, 0.25) is 0 Å². The standard InChI is InChI=1S/C21H35FN4S/c1-5-23-21(24-12-17-7-6-10-26(14-17)16(2)3)25-13-18-8-9-20(22)11-19(18)15-27-4/h8-9,11,16-17H,5-7,10,12-15H2,1-4H3,(H2,23,24,25). The van der Waals surface area contributed by atoms with Crippen molar-refractivity contribution in [3.63, 3.8) is 0 Å². The molecule has 2 rings (SSSR count). The first kappa shape index (κ1) is 22.0. The van der Waals surface area contributed by atoms with Gasteiger partial charge in [-0.2, -0.15) is 11.8 Å². The highest BCUT2D eigenvalue weighted by molar-refractivity contribution is 7.97. The van der Waals surface area contributed by atoms with E-state index in [1.54, 1.807) is 17.8 Å². The second-order valence-electron chi connectivity index (χ2n) is 7.52. The number of likely N-dealkylation sites (tertiary alicyclic amines) is 1. The Bertz CT molecular complexity index is 606. The number of halogens is 1. The minimum atomic E-state index is -0.177. The fourth-order valence-corrected chi connectivity index (χ4v) is 4.10. The van der Waals surface area contributed by atoms with Gasteiger partial charge in [0.2, 0.25) is 0 Å². The van der Waals surface area contributed by atoms with E-state index in [0.29, 0.717) is 18.5 Å². The average molecular weight is 395 g/mol. The zero-order chi connectivity index (χ0) is 19.6. The Morgan fingerprint density at radius 1 is 1.33 bits per heavy atom. The Morgan fingerprint density at radius 2 is 2.15 bits per heavy atom. The lowest BCUT2D eigenvalue weighted by molar-refractivity contribution is 0.141. The van der Waals surface area contributed by atoms with E-state index in [9.17, 15) is 4.39 Å². The molecule has 1 heterocycles. The Kier molecular flexibility index (Phi) is 9.42. The van der Waals surface area contributed by atoms with Crippen molar-refractivity contribution in [1.29, 1.82) is 0 Å². The minimum absolute atomic E-state index is 0.177. The van der Waals surface area contributed by atoms with Gasteiger partial charge in [0.15, 0.2) is 5.96 Å². The molecule has 0 spiro atoms. The van der Waals surface area contributed by atoms with Crippen LogP contribution in [-0.2, 0) is 12.3 Å². The van der Waals surface area contributed by atoms with Crippen molar-refractivity contribution < 1.29 is 4.39 Å². The molecule has 1 aliphatic heterocycles. The highest BCUT2D eigenvalue weighted by atomic mass is 32.2. The van der Waals surface area contributed by atoms with Gasteiger partial charge < -0.3 is 15.5 Å². The maximum Gasteiger partial charge on any atom is 0.191 e. The number of piperidine rings is 1. The fourth-order valence-electron chi connectivity index (χ4n) is 3.52. The van der Waals surface area contributed by atoms with Crippen molar-refractivity contribution in [3.8, 4) is 0 Å². The minimum Gasteiger partial charge on any atom is -0.357 e. The van der Waals surface area contributed by atoms with Gasteiger partial charge in [0.05, 0.1) is 6.54 Å².